The number of anilines is 1. The second kappa shape index (κ2) is 8.30. The molecule has 2 aromatic rings. The summed E-state index contributed by atoms with van der Waals surface area (Å²) in [7, 11) is 0. The summed E-state index contributed by atoms with van der Waals surface area (Å²) in [6.07, 6.45) is 0.542. The number of ether oxygens (including phenoxy) is 1. The van der Waals surface area contributed by atoms with Crippen LogP contribution in [0.5, 0.6) is 0 Å². The molecule has 0 unspecified atom stereocenters. The van der Waals surface area contributed by atoms with Gasteiger partial charge in [0, 0.05) is 24.8 Å². The maximum absolute atomic E-state index is 12.0. The molecule has 11 heteroatoms. The van der Waals surface area contributed by atoms with Crippen molar-refractivity contribution in [1.82, 2.24) is 24.9 Å². The third kappa shape index (κ3) is 6.35. The highest BCUT2D eigenvalue weighted by Crippen LogP contribution is 2.15. The van der Waals surface area contributed by atoms with Gasteiger partial charge in [0.2, 0.25) is 0 Å². The Bertz CT molecular complexity index is 712. The van der Waals surface area contributed by atoms with Crippen LogP contribution in [0.4, 0.5) is 18.9 Å². The third-order valence-electron chi connectivity index (χ3n) is 3.19. The monoisotopic (exact) mass is 376 g/mol. The van der Waals surface area contributed by atoms with Gasteiger partial charge in [0.25, 0.3) is 0 Å². The van der Waals surface area contributed by atoms with E-state index in [0.29, 0.717) is 17.3 Å². The summed E-state index contributed by atoms with van der Waals surface area (Å²) >= 11 is 5.19. The molecule has 0 aliphatic heterocycles. The van der Waals surface area contributed by atoms with E-state index in [1.807, 2.05) is 24.7 Å². The Labute approximate surface area is 148 Å². The minimum Gasteiger partial charge on any atom is -0.358 e. The molecule has 0 saturated carbocycles. The van der Waals surface area contributed by atoms with Gasteiger partial charge in [-0.05, 0) is 26.1 Å². The topological polar surface area (TPSA) is 68.9 Å². The van der Waals surface area contributed by atoms with E-state index in [1.54, 1.807) is 0 Å². The number of nitrogens with zero attached hydrogens (tertiary/aromatic N) is 4. The first kappa shape index (κ1) is 19.2. The maximum Gasteiger partial charge on any atom is 0.411 e. The Morgan fingerprint density at radius 1 is 1.32 bits per heavy atom. The smallest absolute Gasteiger partial charge is 0.358 e. The summed E-state index contributed by atoms with van der Waals surface area (Å²) in [4.78, 5) is 0. The molecule has 7 nitrogen and oxygen atoms in total. The van der Waals surface area contributed by atoms with Gasteiger partial charge in [0.05, 0.1) is 23.8 Å². The summed E-state index contributed by atoms with van der Waals surface area (Å²) in [5.41, 5.74) is 2.50. The summed E-state index contributed by atoms with van der Waals surface area (Å²) in [5, 5.41) is 14.6. The second-order valence-electron chi connectivity index (χ2n) is 5.26. The van der Waals surface area contributed by atoms with Crippen molar-refractivity contribution in [2.75, 3.05) is 11.9 Å². The number of rotatable bonds is 7. The zero-order valence-corrected chi connectivity index (χ0v) is 14.6. The molecule has 0 atom stereocenters. The van der Waals surface area contributed by atoms with Gasteiger partial charge >= 0.3 is 6.18 Å². The summed E-state index contributed by atoms with van der Waals surface area (Å²) in [5.74, 6) is 0. The van der Waals surface area contributed by atoms with Crippen molar-refractivity contribution in [3.05, 3.63) is 29.8 Å². The Kier molecular flexibility index (Phi) is 6.37. The van der Waals surface area contributed by atoms with Gasteiger partial charge in [-0.25, -0.2) is 4.68 Å². The molecule has 2 aromatic heterocycles. The average molecular weight is 376 g/mol. The molecule has 0 aliphatic carbocycles. The fourth-order valence-corrected chi connectivity index (χ4v) is 2.19. The predicted octanol–water partition coefficient (Wildman–Crippen LogP) is 2.43. The van der Waals surface area contributed by atoms with Crippen LogP contribution in [0.2, 0.25) is 0 Å². The molecule has 25 heavy (non-hydrogen) atoms. The zero-order valence-electron chi connectivity index (χ0n) is 13.8. The van der Waals surface area contributed by atoms with Crippen LogP contribution in [0, 0.1) is 6.92 Å². The van der Waals surface area contributed by atoms with E-state index in [9.17, 15) is 13.2 Å². The highest BCUT2D eigenvalue weighted by Gasteiger charge is 2.27. The van der Waals surface area contributed by atoms with Crippen LogP contribution in [-0.4, -0.2) is 37.5 Å². The number of aromatic nitrogens is 4. The van der Waals surface area contributed by atoms with Crippen molar-refractivity contribution in [2.45, 2.75) is 39.8 Å². The van der Waals surface area contributed by atoms with E-state index in [-0.39, 0.29) is 6.73 Å². The lowest BCUT2D eigenvalue weighted by atomic mass is 10.3. The molecule has 138 valence electrons. The third-order valence-corrected chi connectivity index (χ3v) is 3.44. The van der Waals surface area contributed by atoms with E-state index >= 15 is 0 Å². The lowest BCUT2D eigenvalue weighted by Gasteiger charge is -2.08. The maximum atomic E-state index is 12.0. The van der Waals surface area contributed by atoms with Crippen LogP contribution in [0.15, 0.2) is 18.6 Å². The van der Waals surface area contributed by atoms with Gasteiger partial charge in [-0.15, -0.1) is 0 Å². The minimum atomic E-state index is -4.36. The normalized spacial score (nSPS) is 11.6. The van der Waals surface area contributed by atoms with Crippen molar-refractivity contribution in [1.29, 1.82) is 0 Å². The first-order valence-electron chi connectivity index (χ1n) is 7.51. The van der Waals surface area contributed by atoms with Gasteiger partial charge in [-0.3, -0.25) is 4.68 Å². The van der Waals surface area contributed by atoms with E-state index < -0.39 is 12.8 Å². The number of halogens is 3. The number of nitrogens with one attached hydrogen (secondary N) is 2. The molecule has 2 N–H and O–H groups in total. The molecule has 0 aromatic carbocycles. The van der Waals surface area contributed by atoms with Crippen molar-refractivity contribution in [3.63, 3.8) is 0 Å². The quantitative estimate of drug-likeness (QED) is 0.724. The summed E-state index contributed by atoms with van der Waals surface area (Å²) in [6.45, 7) is 3.62. The summed E-state index contributed by atoms with van der Waals surface area (Å²) < 4.78 is 43.7. The molecule has 0 radical (unpaired) electrons. The van der Waals surface area contributed by atoms with Crippen LogP contribution in [0.1, 0.15) is 18.2 Å². The molecule has 0 amide bonds. The molecule has 2 heterocycles. The number of hydrogen-bond donors (Lipinski definition) is 2. The SMILES string of the molecule is CCn1cc(CNC(=S)Nc2cnn(COCC(F)(F)F)c2)c(C)n1. The molecule has 0 aliphatic rings. The van der Waals surface area contributed by atoms with Gasteiger partial charge in [0.15, 0.2) is 5.11 Å². The van der Waals surface area contributed by atoms with Crippen molar-refractivity contribution >= 4 is 23.0 Å². The second-order valence-corrected chi connectivity index (χ2v) is 5.67. The number of alkyl halides is 3. The Balaban J connectivity index is 1.78. The predicted molar refractivity (Wildman–Crippen MR) is 89.9 cm³/mol. The number of hydrogen-bond acceptors (Lipinski definition) is 4. The van der Waals surface area contributed by atoms with E-state index in [1.165, 1.54) is 17.1 Å². The lowest BCUT2D eigenvalue weighted by Crippen LogP contribution is -2.27. The van der Waals surface area contributed by atoms with Crippen molar-refractivity contribution in [2.24, 2.45) is 0 Å². The Morgan fingerprint density at radius 3 is 2.72 bits per heavy atom. The lowest BCUT2D eigenvalue weighted by molar-refractivity contribution is -0.182. The van der Waals surface area contributed by atoms with Crippen LogP contribution < -0.4 is 10.6 Å². The van der Waals surface area contributed by atoms with E-state index in [0.717, 1.165) is 17.8 Å². The minimum absolute atomic E-state index is 0.295. The van der Waals surface area contributed by atoms with Gasteiger partial charge in [-0.1, -0.05) is 0 Å². The fourth-order valence-electron chi connectivity index (χ4n) is 2.00. The molecule has 0 fully saturated rings. The van der Waals surface area contributed by atoms with E-state index in [4.69, 9.17) is 12.2 Å². The van der Waals surface area contributed by atoms with Crippen molar-refractivity contribution < 1.29 is 17.9 Å². The van der Waals surface area contributed by atoms with E-state index in [2.05, 4.69) is 25.6 Å². The highest BCUT2D eigenvalue weighted by molar-refractivity contribution is 7.80. The molecule has 0 saturated heterocycles. The van der Waals surface area contributed by atoms with Crippen LogP contribution in [0.25, 0.3) is 0 Å². The van der Waals surface area contributed by atoms with Crippen LogP contribution >= 0.6 is 12.2 Å². The van der Waals surface area contributed by atoms with Gasteiger partial charge in [-0.2, -0.15) is 23.4 Å². The van der Waals surface area contributed by atoms with Gasteiger partial charge < -0.3 is 15.4 Å². The largest absolute Gasteiger partial charge is 0.411 e. The number of thiocarbonyl (C=S) groups is 1. The average Bonchev–Trinajstić information content (AvgIpc) is 3.10. The highest BCUT2D eigenvalue weighted by atomic mass is 32.1. The standard InChI is InChI=1S/C14H19F3N6OS/c1-3-22-6-11(10(2)21-22)4-18-13(25)20-12-5-19-23(7-12)9-24-8-14(15,16)17/h5-7H,3-4,8-9H2,1-2H3,(H2,18,20,25). The number of aryl methyl sites for hydroxylation is 2. The summed E-state index contributed by atoms with van der Waals surface area (Å²) in [6, 6.07) is 0. The molecule has 0 bridgehead atoms. The zero-order chi connectivity index (χ0) is 18.4. The van der Waals surface area contributed by atoms with Gasteiger partial charge in [0.1, 0.15) is 13.3 Å². The van der Waals surface area contributed by atoms with Crippen molar-refractivity contribution in [3.8, 4) is 0 Å². The molecule has 0 spiro atoms. The first-order chi connectivity index (χ1) is 11.8. The molecule has 2 rings (SSSR count). The van der Waals surface area contributed by atoms with Crippen LogP contribution in [-0.2, 0) is 24.6 Å². The fraction of sp³-hybridized carbons (Fsp3) is 0.500. The molecular weight excluding hydrogens is 357 g/mol. The Morgan fingerprint density at radius 2 is 2.08 bits per heavy atom. The first-order valence-corrected chi connectivity index (χ1v) is 7.92. The van der Waals surface area contributed by atoms with Crippen LogP contribution in [0.3, 0.4) is 0 Å². The molecular formula is C14H19F3N6OS. The Hall–Kier alpha value is -2.14.